The fourth-order valence-corrected chi connectivity index (χ4v) is 5.50. The summed E-state index contributed by atoms with van der Waals surface area (Å²) in [6.07, 6.45) is -8.68. The Hall–Kier alpha value is -4.32. The SMILES string of the molecule is Clc1nc(Cl)nc(Cl)n1.FC(F)(F)c1ccc(Br)cc1.Fc1ccc(-c2nc(-c3ccc(C(F)(F)F)cc3)nc(-c3cccc(Cl)c3)n2)cc1.Fc1ccc(Br)cc1. The number of halogens is 14. The summed E-state index contributed by atoms with van der Waals surface area (Å²) >= 11 is 28.2. The van der Waals surface area contributed by atoms with Gasteiger partial charge in [-0.15, -0.1) is 0 Å². The average Bonchev–Trinajstić information content (AvgIpc) is 3.16. The molecular formula is C38H20Br2Cl4F8N6. The van der Waals surface area contributed by atoms with Crippen molar-refractivity contribution in [3.05, 3.63) is 174 Å². The van der Waals surface area contributed by atoms with Gasteiger partial charge in [-0.2, -0.15) is 41.3 Å². The lowest BCUT2D eigenvalue weighted by molar-refractivity contribution is -0.138. The molecule has 0 radical (unpaired) electrons. The number of benzene rings is 5. The number of hydrogen-bond donors (Lipinski definition) is 0. The van der Waals surface area contributed by atoms with Crippen molar-refractivity contribution in [1.82, 2.24) is 29.9 Å². The lowest BCUT2D eigenvalue weighted by Crippen LogP contribution is -2.05. The third kappa shape index (κ3) is 15.1. The van der Waals surface area contributed by atoms with Crippen LogP contribution in [0.5, 0.6) is 0 Å². The van der Waals surface area contributed by atoms with Crippen LogP contribution in [0.3, 0.4) is 0 Å². The summed E-state index contributed by atoms with van der Waals surface area (Å²) in [6, 6.07) is 27.9. The van der Waals surface area contributed by atoms with Gasteiger partial charge < -0.3 is 0 Å². The van der Waals surface area contributed by atoms with Gasteiger partial charge in [0, 0.05) is 30.7 Å². The highest BCUT2D eigenvalue weighted by molar-refractivity contribution is 9.10. The predicted octanol–water partition coefficient (Wildman–Crippen LogP) is 14.6. The highest BCUT2D eigenvalue weighted by Gasteiger charge is 2.30. The fourth-order valence-electron chi connectivity index (χ4n) is 4.17. The van der Waals surface area contributed by atoms with Gasteiger partial charge >= 0.3 is 12.4 Å². The number of alkyl halides is 6. The van der Waals surface area contributed by atoms with E-state index in [9.17, 15) is 35.1 Å². The molecule has 0 atom stereocenters. The molecule has 5 aromatic carbocycles. The molecule has 0 aliphatic heterocycles. The Balaban J connectivity index is 0.000000214. The van der Waals surface area contributed by atoms with Gasteiger partial charge in [0.05, 0.1) is 11.1 Å². The van der Waals surface area contributed by atoms with Gasteiger partial charge in [-0.25, -0.2) is 23.7 Å². The average molecular weight is 1010 g/mol. The fraction of sp³-hybridized carbons (Fsp3) is 0.0526. The van der Waals surface area contributed by atoms with Crippen LogP contribution in [0, 0.1) is 11.6 Å². The van der Waals surface area contributed by atoms with Crippen LogP contribution in [0.15, 0.2) is 130 Å². The summed E-state index contributed by atoms with van der Waals surface area (Å²) in [5.41, 5.74) is 0.142. The van der Waals surface area contributed by atoms with Crippen LogP contribution in [0.2, 0.25) is 20.9 Å². The molecule has 6 nitrogen and oxygen atoms in total. The monoisotopic (exact) mass is 1010 g/mol. The minimum Gasteiger partial charge on any atom is -0.208 e. The molecule has 7 aromatic rings. The molecular weight excluding hydrogens is 994 g/mol. The first-order valence-electron chi connectivity index (χ1n) is 15.7. The zero-order chi connectivity index (χ0) is 42.6. The molecule has 0 bridgehead atoms. The van der Waals surface area contributed by atoms with E-state index in [4.69, 9.17) is 46.4 Å². The third-order valence-electron chi connectivity index (χ3n) is 6.82. The van der Waals surface area contributed by atoms with Crippen LogP contribution < -0.4 is 0 Å². The molecule has 0 saturated carbocycles. The Morgan fingerprint density at radius 1 is 0.397 bits per heavy atom. The van der Waals surface area contributed by atoms with Gasteiger partial charge in [0.15, 0.2) is 17.5 Å². The summed E-state index contributed by atoms with van der Waals surface area (Å²) in [5, 5.41) is 0.479. The van der Waals surface area contributed by atoms with Gasteiger partial charge in [0.2, 0.25) is 15.9 Å². The van der Waals surface area contributed by atoms with Crippen LogP contribution in [0.4, 0.5) is 35.1 Å². The highest BCUT2D eigenvalue weighted by atomic mass is 79.9. The van der Waals surface area contributed by atoms with Crippen molar-refractivity contribution in [2.75, 3.05) is 0 Å². The molecule has 2 heterocycles. The minimum absolute atomic E-state index is 0.000000000000000444. The van der Waals surface area contributed by atoms with Crippen molar-refractivity contribution in [2.45, 2.75) is 12.4 Å². The molecule has 300 valence electrons. The molecule has 0 aliphatic rings. The number of aromatic nitrogens is 6. The van der Waals surface area contributed by atoms with Crippen molar-refractivity contribution in [3.8, 4) is 34.2 Å². The van der Waals surface area contributed by atoms with Crippen molar-refractivity contribution >= 4 is 78.3 Å². The number of rotatable bonds is 3. The molecule has 20 heteroatoms. The summed E-state index contributed by atoms with van der Waals surface area (Å²) in [6.45, 7) is 0. The maximum atomic E-state index is 13.3. The van der Waals surface area contributed by atoms with Crippen LogP contribution >= 0.6 is 78.3 Å². The van der Waals surface area contributed by atoms with Gasteiger partial charge in [-0.05, 0) is 132 Å². The Bertz CT molecular complexity index is 2340. The van der Waals surface area contributed by atoms with Gasteiger partial charge in [0.1, 0.15) is 11.6 Å². The number of hydrogen-bond acceptors (Lipinski definition) is 6. The van der Waals surface area contributed by atoms with E-state index in [1.807, 2.05) is 0 Å². The second kappa shape index (κ2) is 21.1. The van der Waals surface area contributed by atoms with E-state index in [0.717, 1.165) is 28.7 Å². The van der Waals surface area contributed by atoms with Crippen LogP contribution in [0.25, 0.3) is 34.2 Å². The first kappa shape index (κ1) is 46.4. The molecule has 0 saturated heterocycles. The Kier molecular flexibility index (Phi) is 16.9. The molecule has 7 rings (SSSR count). The van der Waals surface area contributed by atoms with Gasteiger partial charge in [0.25, 0.3) is 0 Å². The smallest absolute Gasteiger partial charge is 0.208 e. The van der Waals surface area contributed by atoms with Crippen molar-refractivity contribution in [2.24, 2.45) is 0 Å². The predicted molar refractivity (Wildman–Crippen MR) is 214 cm³/mol. The second-order valence-electron chi connectivity index (χ2n) is 11.0. The van der Waals surface area contributed by atoms with E-state index in [0.29, 0.717) is 32.0 Å². The largest absolute Gasteiger partial charge is 0.416 e. The molecule has 58 heavy (non-hydrogen) atoms. The molecule has 0 fully saturated rings. The van der Waals surface area contributed by atoms with Crippen molar-refractivity contribution in [1.29, 1.82) is 0 Å². The van der Waals surface area contributed by atoms with E-state index >= 15 is 0 Å². The third-order valence-corrected chi connectivity index (χ3v) is 8.62. The minimum atomic E-state index is -4.44. The van der Waals surface area contributed by atoms with E-state index in [1.165, 1.54) is 60.7 Å². The summed E-state index contributed by atoms with van der Waals surface area (Å²) in [7, 11) is 0. The molecule has 2 aromatic heterocycles. The lowest BCUT2D eigenvalue weighted by atomic mass is 10.1. The van der Waals surface area contributed by atoms with Crippen molar-refractivity contribution < 1.29 is 35.1 Å². The Labute approximate surface area is 361 Å². The second-order valence-corrected chi connectivity index (χ2v) is 14.3. The van der Waals surface area contributed by atoms with E-state index in [-0.39, 0.29) is 33.3 Å². The van der Waals surface area contributed by atoms with E-state index in [2.05, 4.69) is 61.8 Å². The lowest BCUT2D eigenvalue weighted by Gasteiger charge is -2.10. The summed E-state index contributed by atoms with van der Waals surface area (Å²) in [4.78, 5) is 23.6. The molecule has 0 N–H and O–H groups in total. The Morgan fingerprint density at radius 3 is 1.09 bits per heavy atom. The Morgan fingerprint density at radius 2 is 0.724 bits per heavy atom. The van der Waals surface area contributed by atoms with Gasteiger partial charge in [-0.1, -0.05) is 67.7 Å². The van der Waals surface area contributed by atoms with Gasteiger partial charge in [-0.3, -0.25) is 0 Å². The molecule has 0 aliphatic carbocycles. The highest BCUT2D eigenvalue weighted by Crippen LogP contribution is 2.32. The molecule has 0 unspecified atom stereocenters. The first-order chi connectivity index (χ1) is 27.3. The van der Waals surface area contributed by atoms with Crippen LogP contribution in [0.1, 0.15) is 11.1 Å². The van der Waals surface area contributed by atoms with E-state index < -0.39 is 29.3 Å². The molecule has 0 amide bonds. The first-order valence-corrected chi connectivity index (χ1v) is 18.8. The topological polar surface area (TPSA) is 77.3 Å². The molecule has 0 spiro atoms. The summed E-state index contributed by atoms with van der Waals surface area (Å²) in [5.74, 6) is 0.128. The standard InChI is InChI=1S/C22H12ClF4N3.C7H4BrF3.C6H4BrF.C3Cl3N3/c23-17-3-1-2-15(12-17)21-29-19(13-4-8-16(9-5-13)22(25,26)27)28-20(30-21)14-6-10-18(24)11-7-14;8-6-3-1-5(2-4-6)7(9,10)11;7-5-1-3-6(8)4-2-5;4-1-7-2(5)9-3(6)8-1/h1-12H;1-4H;1-4H;. The quantitative estimate of drug-likeness (QED) is 0.164. The maximum Gasteiger partial charge on any atom is 0.416 e. The zero-order valence-corrected chi connectivity index (χ0v) is 34.7. The zero-order valence-electron chi connectivity index (χ0n) is 28.5. The number of nitrogens with zero attached hydrogens (tertiary/aromatic N) is 6. The van der Waals surface area contributed by atoms with Crippen molar-refractivity contribution in [3.63, 3.8) is 0 Å². The maximum absolute atomic E-state index is 13.3. The summed E-state index contributed by atoms with van der Waals surface area (Å²) < 4.78 is 101. The van der Waals surface area contributed by atoms with Crippen LogP contribution in [-0.4, -0.2) is 29.9 Å². The van der Waals surface area contributed by atoms with Crippen LogP contribution in [-0.2, 0) is 12.4 Å². The normalized spacial score (nSPS) is 10.9. The van der Waals surface area contributed by atoms with E-state index in [1.54, 1.807) is 36.4 Å².